The fourth-order valence-electron chi connectivity index (χ4n) is 1.37. The molecule has 0 fully saturated rings. The minimum Gasteiger partial charge on any atom is -0.310 e. The van der Waals surface area contributed by atoms with Crippen molar-refractivity contribution in [3.63, 3.8) is 0 Å². The second-order valence-electron chi connectivity index (χ2n) is 4.74. The first kappa shape index (κ1) is 14.3. The number of thioether (sulfide) groups is 1. The van der Waals surface area contributed by atoms with Crippen LogP contribution in [0.2, 0.25) is 0 Å². The highest BCUT2D eigenvalue weighted by atomic mass is 32.2. The fourth-order valence-corrected chi connectivity index (χ4v) is 2.38. The molecule has 1 aromatic carbocycles. The molecule has 17 heavy (non-hydrogen) atoms. The van der Waals surface area contributed by atoms with Crippen molar-refractivity contribution in [2.24, 2.45) is 0 Å². The van der Waals surface area contributed by atoms with Crippen molar-refractivity contribution in [2.75, 3.05) is 5.75 Å². The highest BCUT2D eigenvalue weighted by molar-refractivity contribution is 7.99. The minimum atomic E-state index is 0.541. The van der Waals surface area contributed by atoms with Crippen LogP contribution >= 0.6 is 11.8 Å². The van der Waals surface area contributed by atoms with Gasteiger partial charge in [-0.15, -0.1) is 18.3 Å². The van der Waals surface area contributed by atoms with Crippen molar-refractivity contribution in [3.05, 3.63) is 42.0 Å². The molecule has 1 N–H and O–H groups in total. The molecule has 0 unspecified atom stereocenters. The van der Waals surface area contributed by atoms with Crippen LogP contribution in [0.5, 0.6) is 0 Å². The Balaban J connectivity index is 2.36. The molecule has 0 aliphatic carbocycles. The maximum atomic E-state index is 3.92. The van der Waals surface area contributed by atoms with Gasteiger partial charge in [0.1, 0.15) is 0 Å². The van der Waals surface area contributed by atoms with Crippen LogP contribution in [0, 0.1) is 0 Å². The molecular formula is C15H23NS. The van der Waals surface area contributed by atoms with Crippen LogP contribution in [0.15, 0.2) is 41.3 Å². The molecule has 0 aliphatic heterocycles. The molecule has 0 saturated carbocycles. The molecule has 0 saturated heterocycles. The lowest BCUT2D eigenvalue weighted by atomic mass is 10.2. The van der Waals surface area contributed by atoms with E-state index >= 15 is 0 Å². The fraction of sp³-hybridized carbons (Fsp3) is 0.467. The number of rotatable bonds is 7. The molecule has 0 heterocycles. The summed E-state index contributed by atoms with van der Waals surface area (Å²) in [5.41, 5.74) is 2.61. The van der Waals surface area contributed by atoms with E-state index < -0.39 is 0 Å². The first-order chi connectivity index (χ1) is 8.08. The van der Waals surface area contributed by atoms with E-state index in [9.17, 15) is 0 Å². The largest absolute Gasteiger partial charge is 0.310 e. The molecule has 0 bridgehead atoms. The zero-order chi connectivity index (χ0) is 12.7. The van der Waals surface area contributed by atoms with Gasteiger partial charge in [-0.3, -0.25) is 0 Å². The summed E-state index contributed by atoms with van der Waals surface area (Å²) in [6.07, 6.45) is 1.10. The van der Waals surface area contributed by atoms with E-state index in [1.807, 2.05) is 11.8 Å². The number of benzene rings is 1. The van der Waals surface area contributed by atoms with Gasteiger partial charge in [-0.05, 0) is 31.0 Å². The molecule has 0 spiro atoms. The Labute approximate surface area is 110 Å². The van der Waals surface area contributed by atoms with Crippen LogP contribution in [0.3, 0.4) is 0 Å². The van der Waals surface area contributed by atoms with Crippen molar-refractivity contribution in [1.29, 1.82) is 0 Å². The van der Waals surface area contributed by atoms with Crippen molar-refractivity contribution in [1.82, 2.24) is 5.32 Å². The van der Waals surface area contributed by atoms with Crippen LogP contribution < -0.4 is 5.32 Å². The number of nitrogens with one attached hydrogen (secondary N) is 1. The Morgan fingerprint density at radius 3 is 2.47 bits per heavy atom. The second-order valence-corrected chi connectivity index (χ2v) is 5.90. The SMILES string of the molecule is C=C(C)CCSc1ccc(CNC(C)C)cc1. The molecule has 1 aromatic rings. The van der Waals surface area contributed by atoms with Gasteiger partial charge in [-0.25, -0.2) is 0 Å². The molecule has 1 nitrogen and oxygen atoms in total. The van der Waals surface area contributed by atoms with E-state index in [-0.39, 0.29) is 0 Å². The minimum absolute atomic E-state index is 0.541. The van der Waals surface area contributed by atoms with Gasteiger partial charge < -0.3 is 5.32 Å². The standard InChI is InChI=1S/C15H23NS/c1-12(2)9-10-17-15-7-5-14(6-8-15)11-16-13(3)4/h5-8,13,16H,1,9-11H2,2-4H3. The van der Waals surface area contributed by atoms with Crippen molar-refractivity contribution < 1.29 is 0 Å². The lowest BCUT2D eigenvalue weighted by Crippen LogP contribution is -2.21. The molecule has 0 atom stereocenters. The molecule has 0 radical (unpaired) electrons. The summed E-state index contributed by atoms with van der Waals surface area (Å²) in [4.78, 5) is 1.35. The molecule has 94 valence electrons. The van der Waals surface area contributed by atoms with Crippen LogP contribution in [-0.2, 0) is 6.54 Å². The van der Waals surface area contributed by atoms with Gasteiger partial charge in [0, 0.05) is 23.2 Å². The molecule has 2 heteroatoms. The lowest BCUT2D eigenvalue weighted by molar-refractivity contribution is 0.588. The van der Waals surface area contributed by atoms with Crippen molar-refractivity contribution in [3.8, 4) is 0 Å². The maximum absolute atomic E-state index is 3.92. The normalized spacial score (nSPS) is 10.8. The van der Waals surface area contributed by atoms with Crippen molar-refractivity contribution >= 4 is 11.8 Å². The Kier molecular flexibility index (Phi) is 6.38. The van der Waals surface area contributed by atoms with Gasteiger partial charge in [0.2, 0.25) is 0 Å². The summed E-state index contributed by atoms with van der Waals surface area (Å²) >= 11 is 1.90. The van der Waals surface area contributed by atoms with Gasteiger partial charge in [0.25, 0.3) is 0 Å². The second kappa shape index (κ2) is 7.57. The molecule has 1 rings (SSSR count). The summed E-state index contributed by atoms with van der Waals surface area (Å²) in [7, 11) is 0. The summed E-state index contributed by atoms with van der Waals surface area (Å²) in [6, 6.07) is 9.37. The zero-order valence-electron chi connectivity index (χ0n) is 11.1. The molecule has 0 amide bonds. The van der Waals surface area contributed by atoms with Gasteiger partial charge in [-0.2, -0.15) is 0 Å². The third-order valence-electron chi connectivity index (χ3n) is 2.44. The van der Waals surface area contributed by atoms with Crippen LogP contribution in [0.25, 0.3) is 0 Å². The van der Waals surface area contributed by atoms with Crippen LogP contribution in [-0.4, -0.2) is 11.8 Å². The third kappa shape index (κ3) is 6.54. The highest BCUT2D eigenvalue weighted by Gasteiger charge is 1.97. The highest BCUT2D eigenvalue weighted by Crippen LogP contribution is 2.20. The first-order valence-corrected chi connectivity index (χ1v) is 7.16. The number of allylic oxidation sites excluding steroid dienone is 1. The summed E-state index contributed by atoms with van der Waals surface area (Å²) in [5.74, 6) is 1.12. The Morgan fingerprint density at radius 2 is 1.94 bits per heavy atom. The average molecular weight is 249 g/mol. The molecular weight excluding hydrogens is 226 g/mol. The van der Waals surface area contributed by atoms with Gasteiger partial charge in [-0.1, -0.05) is 31.6 Å². The maximum Gasteiger partial charge on any atom is 0.0207 e. The summed E-state index contributed by atoms with van der Waals surface area (Å²) in [6.45, 7) is 11.3. The smallest absolute Gasteiger partial charge is 0.0207 e. The lowest BCUT2D eigenvalue weighted by Gasteiger charge is -2.08. The van der Waals surface area contributed by atoms with E-state index in [0.717, 1.165) is 18.7 Å². The van der Waals surface area contributed by atoms with Gasteiger partial charge >= 0.3 is 0 Å². The number of hydrogen-bond acceptors (Lipinski definition) is 2. The van der Waals surface area contributed by atoms with E-state index in [1.165, 1.54) is 16.0 Å². The monoisotopic (exact) mass is 249 g/mol. The quantitative estimate of drug-likeness (QED) is 0.573. The van der Waals surface area contributed by atoms with Crippen molar-refractivity contribution in [2.45, 2.75) is 44.7 Å². The first-order valence-electron chi connectivity index (χ1n) is 6.17. The predicted octanol–water partition coefficient (Wildman–Crippen LogP) is 4.24. The summed E-state index contributed by atoms with van der Waals surface area (Å²) < 4.78 is 0. The Hall–Kier alpha value is -0.730. The van der Waals surface area contributed by atoms with E-state index in [4.69, 9.17) is 0 Å². The molecule has 0 aromatic heterocycles. The Bertz CT molecular complexity index is 340. The molecule has 0 aliphatic rings. The van der Waals surface area contributed by atoms with Crippen LogP contribution in [0.1, 0.15) is 32.8 Å². The Morgan fingerprint density at radius 1 is 1.29 bits per heavy atom. The van der Waals surface area contributed by atoms with E-state index in [1.54, 1.807) is 0 Å². The van der Waals surface area contributed by atoms with E-state index in [0.29, 0.717) is 6.04 Å². The van der Waals surface area contributed by atoms with Gasteiger partial charge in [0.05, 0.1) is 0 Å². The third-order valence-corrected chi connectivity index (χ3v) is 3.45. The zero-order valence-corrected chi connectivity index (χ0v) is 11.9. The van der Waals surface area contributed by atoms with Crippen LogP contribution in [0.4, 0.5) is 0 Å². The van der Waals surface area contributed by atoms with Gasteiger partial charge in [0.15, 0.2) is 0 Å². The van der Waals surface area contributed by atoms with E-state index in [2.05, 4.69) is 56.9 Å². The summed E-state index contributed by atoms with van der Waals surface area (Å²) in [5, 5.41) is 3.42. The predicted molar refractivity (Wildman–Crippen MR) is 78.6 cm³/mol. The number of hydrogen-bond donors (Lipinski definition) is 1. The topological polar surface area (TPSA) is 12.0 Å². The average Bonchev–Trinajstić information content (AvgIpc) is 2.27.